The molecule has 0 fully saturated rings. The zero-order chi connectivity index (χ0) is 19.3. The molecule has 0 saturated heterocycles. The van der Waals surface area contributed by atoms with Crippen LogP contribution in [0.4, 0.5) is 13.2 Å². The maximum absolute atomic E-state index is 12.5. The highest BCUT2D eigenvalue weighted by Gasteiger charge is 2.30. The third-order valence-electron chi connectivity index (χ3n) is 3.94. The summed E-state index contributed by atoms with van der Waals surface area (Å²) in [5.41, 5.74) is 1.94. The van der Waals surface area contributed by atoms with E-state index < -0.39 is 17.6 Å². The molecule has 0 atom stereocenters. The van der Waals surface area contributed by atoms with Crippen molar-refractivity contribution in [3.8, 4) is 0 Å². The van der Waals surface area contributed by atoms with Crippen LogP contribution in [-0.2, 0) is 6.18 Å². The fourth-order valence-electron chi connectivity index (χ4n) is 2.25. The second kappa shape index (κ2) is 8.03. The van der Waals surface area contributed by atoms with Gasteiger partial charge in [0.15, 0.2) is 0 Å². The molecule has 0 unspecified atom stereocenters. The molecule has 0 aliphatic carbocycles. The molecule has 138 valence electrons. The van der Waals surface area contributed by atoms with Crippen molar-refractivity contribution in [3.63, 3.8) is 0 Å². The van der Waals surface area contributed by atoms with E-state index >= 15 is 0 Å². The van der Waals surface area contributed by atoms with Crippen molar-refractivity contribution in [1.82, 2.24) is 10.6 Å². The molecular formula is C19H19F3N2O2. The van der Waals surface area contributed by atoms with Crippen LogP contribution in [0.25, 0.3) is 0 Å². The molecule has 0 heterocycles. The van der Waals surface area contributed by atoms with Gasteiger partial charge in [0.2, 0.25) is 0 Å². The van der Waals surface area contributed by atoms with Crippen LogP contribution in [-0.4, -0.2) is 24.9 Å². The molecule has 0 saturated carbocycles. The Morgan fingerprint density at radius 1 is 0.808 bits per heavy atom. The summed E-state index contributed by atoms with van der Waals surface area (Å²) in [6, 6.07) is 9.31. The van der Waals surface area contributed by atoms with Crippen molar-refractivity contribution in [2.75, 3.05) is 13.1 Å². The van der Waals surface area contributed by atoms with Crippen LogP contribution < -0.4 is 10.6 Å². The fourth-order valence-corrected chi connectivity index (χ4v) is 2.25. The van der Waals surface area contributed by atoms with Crippen LogP contribution in [0.1, 0.15) is 37.4 Å². The van der Waals surface area contributed by atoms with Gasteiger partial charge in [-0.05, 0) is 61.4 Å². The first-order valence-electron chi connectivity index (χ1n) is 7.99. The maximum Gasteiger partial charge on any atom is 0.416 e. The molecular weight excluding hydrogens is 345 g/mol. The predicted molar refractivity (Wildman–Crippen MR) is 92.0 cm³/mol. The first-order chi connectivity index (χ1) is 12.2. The van der Waals surface area contributed by atoms with Crippen LogP contribution in [0.5, 0.6) is 0 Å². The van der Waals surface area contributed by atoms with Crippen LogP contribution in [0.2, 0.25) is 0 Å². The van der Waals surface area contributed by atoms with Gasteiger partial charge < -0.3 is 10.6 Å². The number of carbonyl (C=O) groups is 2. The average Bonchev–Trinajstić information content (AvgIpc) is 2.60. The van der Waals surface area contributed by atoms with Gasteiger partial charge in [-0.3, -0.25) is 9.59 Å². The van der Waals surface area contributed by atoms with Crippen LogP contribution >= 0.6 is 0 Å². The second-order valence-electron chi connectivity index (χ2n) is 5.89. The maximum atomic E-state index is 12.5. The highest BCUT2D eigenvalue weighted by molar-refractivity contribution is 5.95. The van der Waals surface area contributed by atoms with Gasteiger partial charge in [-0.1, -0.05) is 6.07 Å². The standard InChI is InChI=1S/C19H19F3N2O2/c1-12-3-4-15(11-13(12)2)18(26)24-10-9-23-17(25)14-5-7-16(8-6-14)19(20,21)22/h3-8,11H,9-10H2,1-2H3,(H,23,25)(H,24,26). The van der Waals surface area contributed by atoms with E-state index in [2.05, 4.69) is 10.6 Å². The van der Waals surface area contributed by atoms with E-state index in [1.807, 2.05) is 19.9 Å². The first kappa shape index (κ1) is 19.5. The molecule has 0 spiro atoms. The molecule has 0 bridgehead atoms. The molecule has 26 heavy (non-hydrogen) atoms. The normalized spacial score (nSPS) is 11.1. The summed E-state index contributed by atoms with van der Waals surface area (Å²) < 4.78 is 37.5. The van der Waals surface area contributed by atoms with E-state index in [-0.39, 0.29) is 24.6 Å². The zero-order valence-corrected chi connectivity index (χ0v) is 14.4. The van der Waals surface area contributed by atoms with Crippen LogP contribution in [0.3, 0.4) is 0 Å². The topological polar surface area (TPSA) is 58.2 Å². The lowest BCUT2D eigenvalue weighted by Gasteiger charge is -2.09. The smallest absolute Gasteiger partial charge is 0.350 e. The number of aryl methyl sites for hydroxylation is 2. The van der Waals surface area contributed by atoms with Gasteiger partial charge in [-0.2, -0.15) is 13.2 Å². The van der Waals surface area contributed by atoms with E-state index in [9.17, 15) is 22.8 Å². The quantitative estimate of drug-likeness (QED) is 0.798. The molecule has 2 rings (SSSR count). The second-order valence-corrected chi connectivity index (χ2v) is 5.89. The van der Waals surface area contributed by atoms with Crippen molar-refractivity contribution >= 4 is 11.8 Å². The molecule has 7 heteroatoms. The minimum atomic E-state index is -4.44. The van der Waals surface area contributed by atoms with E-state index in [1.165, 1.54) is 0 Å². The number of carbonyl (C=O) groups excluding carboxylic acids is 2. The molecule has 0 aliphatic heterocycles. The Bertz CT molecular complexity index is 799. The Kier molecular flexibility index (Phi) is 6.02. The minimum absolute atomic E-state index is 0.124. The van der Waals surface area contributed by atoms with Crippen LogP contribution in [0, 0.1) is 13.8 Å². The van der Waals surface area contributed by atoms with Gasteiger partial charge in [-0.15, -0.1) is 0 Å². The number of hydrogen-bond donors (Lipinski definition) is 2. The molecule has 2 amide bonds. The van der Waals surface area contributed by atoms with Crippen molar-refractivity contribution in [2.45, 2.75) is 20.0 Å². The van der Waals surface area contributed by atoms with Gasteiger partial charge in [0.1, 0.15) is 0 Å². The Labute approximate surface area is 149 Å². The first-order valence-corrected chi connectivity index (χ1v) is 7.99. The van der Waals surface area contributed by atoms with E-state index in [0.29, 0.717) is 5.56 Å². The average molecular weight is 364 g/mol. The lowest BCUT2D eigenvalue weighted by atomic mass is 10.1. The van der Waals surface area contributed by atoms with E-state index in [4.69, 9.17) is 0 Å². The molecule has 0 aliphatic rings. The van der Waals surface area contributed by atoms with Gasteiger partial charge >= 0.3 is 6.18 Å². The number of amides is 2. The number of halogens is 3. The van der Waals surface area contributed by atoms with Crippen molar-refractivity contribution in [1.29, 1.82) is 0 Å². The van der Waals surface area contributed by atoms with Gasteiger partial charge in [0.05, 0.1) is 5.56 Å². The van der Waals surface area contributed by atoms with Crippen molar-refractivity contribution < 1.29 is 22.8 Å². The summed E-state index contributed by atoms with van der Waals surface area (Å²) in [6.45, 7) is 4.23. The fraction of sp³-hybridized carbons (Fsp3) is 0.263. The summed E-state index contributed by atoms with van der Waals surface area (Å²) in [7, 11) is 0. The summed E-state index contributed by atoms with van der Waals surface area (Å²) in [5, 5.41) is 5.23. The Morgan fingerprint density at radius 3 is 1.81 bits per heavy atom. The molecule has 0 aromatic heterocycles. The molecule has 4 nitrogen and oxygen atoms in total. The summed E-state index contributed by atoms with van der Waals surface area (Å²) in [4.78, 5) is 23.9. The lowest BCUT2D eigenvalue weighted by Crippen LogP contribution is -2.34. The zero-order valence-electron chi connectivity index (χ0n) is 14.4. The lowest BCUT2D eigenvalue weighted by molar-refractivity contribution is -0.137. The van der Waals surface area contributed by atoms with E-state index in [0.717, 1.165) is 35.4 Å². The number of rotatable bonds is 5. The highest BCUT2D eigenvalue weighted by atomic mass is 19.4. The number of nitrogens with one attached hydrogen (secondary N) is 2. The summed E-state index contributed by atoms with van der Waals surface area (Å²) in [5.74, 6) is -0.754. The third kappa shape index (κ3) is 5.08. The van der Waals surface area contributed by atoms with Gasteiger partial charge in [-0.25, -0.2) is 0 Å². The van der Waals surface area contributed by atoms with Gasteiger partial charge in [0, 0.05) is 24.2 Å². The largest absolute Gasteiger partial charge is 0.416 e. The Balaban J connectivity index is 1.81. The van der Waals surface area contributed by atoms with Crippen molar-refractivity contribution in [2.24, 2.45) is 0 Å². The highest BCUT2D eigenvalue weighted by Crippen LogP contribution is 2.29. The minimum Gasteiger partial charge on any atom is -0.350 e. The monoisotopic (exact) mass is 364 g/mol. The molecule has 0 radical (unpaired) electrons. The summed E-state index contributed by atoms with van der Waals surface area (Å²) >= 11 is 0. The predicted octanol–water partition coefficient (Wildman–Crippen LogP) is 3.48. The summed E-state index contributed by atoms with van der Waals surface area (Å²) in [6.07, 6.45) is -4.44. The van der Waals surface area contributed by atoms with Gasteiger partial charge in [0.25, 0.3) is 11.8 Å². The molecule has 2 aromatic rings. The van der Waals surface area contributed by atoms with Crippen molar-refractivity contribution in [3.05, 3.63) is 70.3 Å². The van der Waals surface area contributed by atoms with Crippen LogP contribution in [0.15, 0.2) is 42.5 Å². The number of alkyl halides is 3. The Morgan fingerprint density at radius 2 is 1.31 bits per heavy atom. The number of benzene rings is 2. The van der Waals surface area contributed by atoms with E-state index in [1.54, 1.807) is 12.1 Å². The molecule has 2 N–H and O–H groups in total. The number of hydrogen-bond acceptors (Lipinski definition) is 2. The molecule has 2 aromatic carbocycles. The SMILES string of the molecule is Cc1ccc(C(=O)NCCNC(=O)c2ccc(C(F)(F)F)cc2)cc1C. The third-order valence-corrected chi connectivity index (χ3v) is 3.94. The Hall–Kier alpha value is -2.83.